The Morgan fingerprint density at radius 2 is 2.37 bits per heavy atom. The first-order chi connectivity index (χ1) is 9.22. The number of rotatable bonds is 5. The predicted molar refractivity (Wildman–Crippen MR) is 66.9 cm³/mol. The molecule has 2 heterocycles. The summed E-state index contributed by atoms with van der Waals surface area (Å²) in [6.07, 6.45) is 3.47. The van der Waals surface area contributed by atoms with Gasteiger partial charge in [0, 0.05) is 4.88 Å². The van der Waals surface area contributed by atoms with Crippen LogP contribution in [-0.2, 0) is 29.0 Å². The molecular weight excluding hydrogens is 268 g/mol. The minimum Gasteiger partial charge on any atom is -0.480 e. The first-order valence-corrected chi connectivity index (χ1v) is 6.78. The maximum absolute atomic E-state index is 10.3. The fourth-order valence-electron chi connectivity index (χ4n) is 2.07. The quantitative estimate of drug-likeness (QED) is 0.900. The summed E-state index contributed by atoms with van der Waals surface area (Å²) in [7, 11) is 0. The Morgan fingerprint density at radius 1 is 1.47 bits per heavy atom. The third-order valence-electron chi connectivity index (χ3n) is 2.88. The first kappa shape index (κ1) is 12.3. The van der Waals surface area contributed by atoms with Gasteiger partial charge in [-0.3, -0.25) is 0 Å². The summed E-state index contributed by atoms with van der Waals surface area (Å²) in [5.74, 6) is -0.243. The van der Waals surface area contributed by atoms with Gasteiger partial charge in [0.25, 0.3) is 5.89 Å². The van der Waals surface area contributed by atoms with E-state index in [1.165, 1.54) is 16.9 Å². The molecule has 0 bridgehead atoms. The fraction of sp³-hybridized carbons (Fsp3) is 0.417. The highest BCUT2D eigenvalue weighted by atomic mass is 32.1. The van der Waals surface area contributed by atoms with Gasteiger partial charge in [0.05, 0.1) is 4.88 Å². The molecule has 1 aliphatic rings. The van der Waals surface area contributed by atoms with Crippen molar-refractivity contribution in [3.63, 3.8) is 0 Å². The van der Waals surface area contributed by atoms with E-state index in [-0.39, 0.29) is 13.2 Å². The lowest BCUT2D eigenvalue weighted by molar-refractivity contribution is -0.142. The second kappa shape index (κ2) is 5.10. The lowest BCUT2D eigenvalue weighted by Crippen LogP contribution is -2.06. The Morgan fingerprint density at radius 3 is 3.16 bits per heavy atom. The number of ether oxygens (including phenoxy) is 1. The van der Waals surface area contributed by atoms with Crippen molar-refractivity contribution >= 4 is 17.3 Å². The molecule has 19 heavy (non-hydrogen) atoms. The number of aromatic nitrogens is 2. The standard InChI is InChI=1S/C12H12N2O4S/c15-11(16)6-17-5-10-13-14-12(18-10)9-4-7-2-1-3-8(7)19-9/h4H,1-3,5-6H2,(H,15,16). The van der Waals surface area contributed by atoms with Crippen LogP contribution in [0, 0.1) is 0 Å². The normalized spacial score (nSPS) is 13.7. The molecule has 0 saturated heterocycles. The molecule has 100 valence electrons. The maximum Gasteiger partial charge on any atom is 0.329 e. The average Bonchev–Trinajstić information content (AvgIpc) is 3.01. The molecule has 0 spiro atoms. The number of hydrogen-bond donors (Lipinski definition) is 1. The van der Waals surface area contributed by atoms with Gasteiger partial charge in [-0.2, -0.15) is 0 Å². The fourth-order valence-corrected chi connectivity index (χ4v) is 3.25. The molecule has 0 atom stereocenters. The van der Waals surface area contributed by atoms with Gasteiger partial charge >= 0.3 is 5.97 Å². The first-order valence-electron chi connectivity index (χ1n) is 5.96. The highest BCUT2D eigenvalue weighted by molar-refractivity contribution is 7.15. The van der Waals surface area contributed by atoms with E-state index in [0.717, 1.165) is 17.7 Å². The van der Waals surface area contributed by atoms with Crippen LogP contribution in [0.3, 0.4) is 0 Å². The van der Waals surface area contributed by atoms with Crippen molar-refractivity contribution in [1.82, 2.24) is 10.2 Å². The lowest BCUT2D eigenvalue weighted by atomic mass is 10.2. The van der Waals surface area contributed by atoms with Crippen molar-refractivity contribution in [1.29, 1.82) is 0 Å². The van der Waals surface area contributed by atoms with Crippen molar-refractivity contribution in [2.24, 2.45) is 0 Å². The Kier molecular flexibility index (Phi) is 3.31. The van der Waals surface area contributed by atoms with E-state index in [1.54, 1.807) is 11.3 Å². The van der Waals surface area contributed by atoms with Crippen LogP contribution in [0.5, 0.6) is 0 Å². The lowest BCUT2D eigenvalue weighted by Gasteiger charge is -1.94. The number of carbonyl (C=O) groups is 1. The molecule has 2 aromatic heterocycles. The zero-order valence-electron chi connectivity index (χ0n) is 10.1. The minimum atomic E-state index is -1.02. The molecule has 6 nitrogen and oxygen atoms in total. The topological polar surface area (TPSA) is 85.5 Å². The third kappa shape index (κ3) is 2.66. The molecule has 0 amide bonds. The Balaban J connectivity index is 1.68. The number of carboxylic acids is 1. The van der Waals surface area contributed by atoms with E-state index in [4.69, 9.17) is 14.3 Å². The minimum absolute atomic E-state index is 0.0182. The molecule has 0 unspecified atom stereocenters. The Labute approximate surface area is 113 Å². The van der Waals surface area contributed by atoms with Crippen LogP contribution in [-0.4, -0.2) is 27.9 Å². The van der Waals surface area contributed by atoms with Gasteiger partial charge in [-0.15, -0.1) is 21.5 Å². The van der Waals surface area contributed by atoms with Crippen LogP contribution in [0.25, 0.3) is 10.8 Å². The van der Waals surface area contributed by atoms with Crippen LogP contribution in [0.2, 0.25) is 0 Å². The number of fused-ring (bicyclic) bond motifs is 1. The molecule has 3 rings (SSSR count). The molecule has 2 aromatic rings. The Hall–Kier alpha value is -1.73. The highest BCUT2D eigenvalue weighted by Crippen LogP contribution is 2.35. The summed E-state index contributed by atoms with van der Waals surface area (Å²) in [6, 6.07) is 2.10. The molecule has 0 aromatic carbocycles. The second-order valence-electron chi connectivity index (χ2n) is 4.30. The number of nitrogens with zero attached hydrogens (tertiary/aromatic N) is 2. The zero-order chi connectivity index (χ0) is 13.2. The molecule has 0 radical (unpaired) electrons. The monoisotopic (exact) mass is 280 g/mol. The maximum atomic E-state index is 10.3. The van der Waals surface area contributed by atoms with Gasteiger partial charge in [-0.05, 0) is 30.9 Å². The average molecular weight is 280 g/mol. The van der Waals surface area contributed by atoms with Crippen LogP contribution in [0.15, 0.2) is 10.5 Å². The Bertz CT molecular complexity index is 583. The second-order valence-corrected chi connectivity index (χ2v) is 5.44. The molecule has 7 heteroatoms. The van der Waals surface area contributed by atoms with Gasteiger partial charge in [0.2, 0.25) is 5.89 Å². The SMILES string of the molecule is O=C(O)COCc1nnc(-c2cc3c(s2)CCC3)o1. The van der Waals surface area contributed by atoms with E-state index in [9.17, 15) is 4.79 Å². The van der Waals surface area contributed by atoms with E-state index in [2.05, 4.69) is 16.3 Å². The van der Waals surface area contributed by atoms with E-state index < -0.39 is 5.97 Å². The van der Waals surface area contributed by atoms with Crippen molar-refractivity contribution in [3.8, 4) is 10.8 Å². The van der Waals surface area contributed by atoms with E-state index >= 15 is 0 Å². The molecule has 1 aliphatic carbocycles. The predicted octanol–water partition coefficient (Wildman–Crippen LogP) is 1.89. The van der Waals surface area contributed by atoms with E-state index in [1.807, 2.05) is 0 Å². The smallest absolute Gasteiger partial charge is 0.329 e. The number of carboxylic acid groups (broad SMARTS) is 1. The van der Waals surface area contributed by atoms with Crippen LogP contribution in [0.1, 0.15) is 22.8 Å². The summed E-state index contributed by atoms with van der Waals surface area (Å²) >= 11 is 1.69. The number of hydrogen-bond acceptors (Lipinski definition) is 6. The van der Waals surface area contributed by atoms with Gasteiger partial charge in [-0.25, -0.2) is 4.79 Å². The largest absolute Gasteiger partial charge is 0.480 e. The molecule has 0 fully saturated rings. The summed E-state index contributed by atoms with van der Waals surface area (Å²) in [6.45, 7) is -0.352. The summed E-state index contributed by atoms with van der Waals surface area (Å²) < 4.78 is 10.4. The third-order valence-corrected chi connectivity index (χ3v) is 4.10. The van der Waals surface area contributed by atoms with Crippen molar-refractivity contribution in [2.45, 2.75) is 25.9 Å². The van der Waals surface area contributed by atoms with Gasteiger partial charge in [0.1, 0.15) is 13.2 Å². The highest BCUT2D eigenvalue weighted by Gasteiger charge is 2.18. The molecular formula is C12H12N2O4S. The van der Waals surface area contributed by atoms with Gasteiger partial charge < -0.3 is 14.3 Å². The van der Waals surface area contributed by atoms with Crippen LogP contribution < -0.4 is 0 Å². The number of aliphatic carboxylic acids is 1. The summed E-state index contributed by atoms with van der Waals surface area (Å²) in [5, 5.41) is 16.3. The molecule has 0 saturated carbocycles. The van der Waals surface area contributed by atoms with Gasteiger partial charge in [-0.1, -0.05) is 0 Å². The van der Waals surface area contributed by atoms with E-state index in [0.29, 0.717) is 11.8 Å². The van der Waals surface area contributed by atoms with Crippen molar-refractivity contribution in [2.75, 3.05) is 6.61 Å². The molecule has 0 aliphatic heterocycles. The molecule has 1 N–H and O–H groups in total. The number of aryl methyl sites for hydroxylation is 2. The summed E-state index contributed by atoms with van der Waals surface area (Å²) in [5.41, 5.74) is 1.38. The number of thiophene rings is 1. The van der Waals surface area contributed by atoms with Crippen molar-refractivity contribution in [3.05, 3.63) is 22.4 Å². The van der Waals surface area contributed by atoms with Gasteiger partial charge in [0.15, 0.2) is 0 Å². The zero-order valence-corrected chi connectivity index (χ0v) is 10.9. The van der Waals surface area contributed by atoms with Crippen LogP contribution in [0.4, 0.5) is 0 Å². The summed E-state index contributed by atoms with van der Waals surface area (Å²) in [4.78, 5) is 12.7. The van der Waals surface area contributed by atoms with Crippen molar-refractivity contribution < 1.29 is 19.1 Å². The van der Waals surface area contributed by atoms with Crippen LogP contribution >= 0.6 is 11.3 Å².